The highest BCUT2D eigenvalue weighted by Gasteiger charge is 2.41. The lowest BCUT2D eigenvalue weighted by Gasteiger charge is -2.28. The monoisotopic (exact) mass is 337 g/mol. The highest BCUT2D eigenvalue weighted by molar-refractivity contribution is 6.35. The van der Waals surface area contributed by atoms with Gasteiger partial charge in [-0.1, -0.05) is 35.7 Å². The summed E-state index contributed by atoms with van der Waals surface area (Å²) in [5.41, 5.74) is 0.800. The Morgan fingerprint density at radius 1 is 1.32 bits per heavy atom. The Bertz CT molecular complexity index is 599. The zero-order valence-corrected chi connectivity index (χ0v) is 14.2. The van der Waals surface area contributed by atoms with Gasteiger partial charge < -0.3 is 5.32 Å². The van der Waals surface area contributed by atoms with Gasteiger partial charge in [0, 0.05) is 22.2 Å². The van der Waals surface area contributed by atoms with E-state index >= 15 is 0 Å². The minimum Gasteiger partial charge on any atom is -0.350 e. The second-order valence-corrected chi connectivity index (χ2v) is 7.48. The maximum absolute atomic E-state index is 12.1. The Balaban J connectivity index is 1.56. The van der Waals surface area contributed by atoms with Gasteiger partial charge in [0.05, 0.1) is 0 Å². The molecule has 0 saturated heterocycles. The lowest BCUT2D eigenvalue weighted by atomic mass is 9.84. The third-order valence-electron chi connectivity index (χ3n) is 5.18. The first-order valence-electron chi connectivity index (χ1n) is 7.96. The minimum atomic E-state index is -0.0544. The molecule has 0 aliphatic heterocycles. The Labute approximate surface area is 141 Å². The van der Waals surface area contributed by atoms with Crippen LogP contribution in [0.3, 0.4) is 0 Å². The molecule has 4 atom stereocenters. The summed E-state index contributed by atoms with van der Waals surface area (Å²) >= 11 is 12.0. The van der Waals surface area contributed by atoms with Crippen molar-refractivity contribution in [3.63, 3.8) is 0 Å². The Morgan fingerprint density at radius 3 is 2.77 bits per heavy atom. The molecule has 118 valence electrons. The van der Waals surface area contributed by atoms with E-state index in [1.165, 1.54) is 25.7 Å². The standard InChI is InChI=1S/C18H21Cl2NO/c1-11(16-9-12-2-3-14(16)8-12)21-18(22)7-5-13-4-6-15(19)10-17(13)20/h4-7,10-12,14,16H,2-3,8-9H2,1H3,(H,21,22)/b7-5+/t11-,12-,14-,16-/m1/s1. The number of carbonyl (C=O) groups is 1. The quantitative estimate of drug-likeness (QED) is 0.774. The van der Waals surface area contributed by atoms with Gasteiger partial charge in [-0.15, -0.1) is 0 Å². The Morgan fingerprint density at radius 2 is 2.14 bits per heavy atom. The largest absolute Gasteiger partial charge is 0.350 e. The van der Waals surface area contributed by atoms with E-state index in [1.54, 1.807) is 24.3 Å². The molecule has 0 aromatic heterocycles. The van der Waals surface area contributed by atoms with E-state index in [0.29, 0.717) is 16.0 Å². The van der Waals surface area contributed by atoms with Crippen molar-refractivity contribution >= 4 is 35.2 Å². The van der Waals surface area contributed by atoms with Crippen molar-refractivity contribution in [1.82, 2.24) is 5.32 Å². The fraction of sp³-hybridized carbons (Fsp3) is 0.500. The molecule has 0 heterocycles. The molecule has 2 aliphatic rings. The van der Waals surface area contributed by atoms with Crippen LogP contribution in [0, 0.1) is 17.8 Å². The van der Waals surface area contributed by atoms with Gasteiger partial charge in [-0.25, -0.2) is 0 Å². The van der Waals surface area contributed by atoms with Crippen LogP contribution in [0.4, 0.5) is 0 Å². The van der Waals surface area contributed by atoms with E-state index in [4.69, 9.17) is 23.2 Å². The van der Waals surface area contributed by atoms with Crippen LogP contribution < -0.4 is 5.32 Å². The van der Waals surface area contributed by atoms with Gasteiger partial charge in [0.25, 0.3) is 0 Å². The predicted molar refractivity (Wildman–Crippen MR) is 92.0 cm³/mol. The van der Waals surface area contributed by atoms with Crippen LogP contribution in [-0.4, -0.2) is 11.9 Å². The highest BCUT2D eigenvalue weighted by Crippen LogP contribution is 2.49. The molecule has 2 fully saturated rings. The molecule has 22 heavy (non-hydrogen) atoms. The van der Waals surface area contributed by atoms with E-state index in [2.05, 4.69) is 12.2 Å². The molecule has 2 saturated carbocycles. The molecule has 2 aliphatic carbocycles. The van der Waals surface area contributed by atoms with Gasteiger partial charge >= 0.3 is 0 Å². The summed E-state index contributed by atoms with van der Waals surface area (Å²) in [6.45, 7) is 2.13. The lowest BCUT2D eigenvalue weighted by Crippen LogP contribution is -2.39. The zero-order chi connectivity index (χ0) is 15.7. The first-order valence-corrected chi connectivity index (χ1v) is 8.72. The van der Waals surface area contributed by atoms with E-state index in [1.807, 2.05) is 6.07 Å². The van der Waals surface area contributed by atoms with Crippen LogP contribution in [0.15, 0.2) is 24.3 Å². The van der Waals surface area contributed by atoms with Gasteiger partial charge in [-0.3, -0.25) is 4.79 Å². The van der Waals surface area contributed by atoms with Crippen molar-refractivity contribution < 1.29 is 4.79 Å². The number of fused-ring (bicyclic) bond motifs is 2. The normalized spacial score (nSPS) is 28.2. The van der Waals surface area contributed by atoms with Gasteiger partial charge in [-0.05, 0) is 67.7 Å². The maximum Gasteiger partial charge on any atom is 0.244 e. The molecule has 2 nitrogen and oxygen atoms in total. The number of carbonyl (C=O) groups excluding carboxylic acids is 1. The van der Waals surface area contributed by atoms with Crippen LogP contribution in [0.25, 0.3) is 6.08 Å². The third kappa shape index (κ3) is 3.49. The molecule has 0 spiro atoms. The van der Waals surface area contributed by atoms with Crippen molar-refractivity contribution in [2.24, 2.45) is 17.8 Å². The van der Waals surface area contributed by atoms with Crippen molar-refractivity contribution in [3.8, 4) is 0 Å². The summed E-state index contributed by atoms with van der Waals surface area (Å²) in [7, 11) is 0. The smallest absolute Gasteiger partial charge is 0.244 e. The molecule has 2 bridgehead atoms. The topological polar surface area (TPSA) is 29.1 Å². The molecule has 1 N–H and O–H groups in total. The number of nitrogens with one attached hydrogen (secondary N) is 1. The van der Waals surface area contributed by atoms with Crippen LogP contribution in [-0.2, 0) is 4.79 Å². The lowest BCUT2D eigenvalue weighted by molar-refractivity contribution is -0.117. The molecular formula is C18H21Cl2NO. The van der Waals surface area contributed by atoms with Crippen molar-refractivity contribution in [1.29, 1.82) is 0 Å². The van der Waals surface area contributed by atoms with Crippen molar-refractivity contribution in [2.75, 3.05) is 0 Å². The summed E-state index contributed by atoms with van der Waals surface area (Å²) in [6, 6.07) is 5.50. The maximum atomic E-state index is 12.1. The van der Waals surface area contributed by atoms with Gasteiger partial charge in [0.1, 0.15) is 0 Å². The fourth-order valence-corrected chi connectivity index (χ4v) is 4.56. The first kappa shape index (κ1) is 15.9. The van der Waals surface area contributed by atoms with Crippen LogP contribution in [0.1, 0.15) is 38.2 Å². The molecule has 0 unspecified atom stereocenters. The number of hydrogen-bond acceptors (Lipinski definition) is 1. The van der Waals surface area contributed by atoms with Gasteiger partial charge in [0.15, 0.2) is 0 Å². The molecule has 1 aromatic rings. The van der Waals surface area contributed by atoms with E-state index < -0.39 is 0 Å². The zero-order valence-electron chi connectivity index (χ0n) is 12.7. The number of rotatable bonds is 4. The molecular weight excluding hydrogens is 317 g/mol. The number of amides is 1. The summed E-state index contributed by atoms with van der Waals surface area (Å²) in [4.78, 5) is 12.1. The Hall–Kier alpha value is -0.990. The minimum absolute atomic E-state index is 0.0544. The summed E-state index contributed by atoms with van der Waals surface area (Å²) in [6.07, 6.45) is 8.66. The molecule has 1 aromatic carbocycles. The number of benzene rings is 1. The molecule has 4 heteroatoms. The van der Waals surface area contributed by atoms with Gasteiger partial charge in [-0.2, -0.15) is 0 Å². The molecule has 0 radical (unpaired) electrons. The summed E-state index contributed by atoms with van der Waals surface area (Å²) in [5, 5.41) is 4.26. The summed E-state index contributed by atoms with van der Waals surface area (Å²) in [5.74, 6) is 2.31. The second-order valence-electron chi connectivity index (χ2n) is 6.64. The van der Waals surface area contributed by atoms with Gasteiger partial charge in [0.2, 0.25) is 5.91 Å². The first-order chi connectivity index (χ1) is 10.5. The third-order valence-corrected chi connectivity index (χ3v) is 5.74. The number of halogens is 2. The molecule has 3 rings (SSSR count). The van der Waals surface area contributed by atoms with E-state index in [-0.39, 0.29) is 11.9 Å². The van der Waals surface area contributed by atoms with E-state index in [9.17, 15) is 4.79 Å². The average molecular weight is 338 g/mol. The van der Waals surface area contributed by atoms with Crippen LogP contribution in [0.2, 0.25) is 10.0 Å². The predicted octanol–water partition coefficient (Wildman–Crippen LogP) is 4.95. The number of hydrogen-bond donors (Lipinski definition) is 1. The average Bonchev–Trinajstić information content (AvgIpc) is 3.09. The highest BCUT2D eigenvalue weighted by atomic mass is 35.5. The SMILES string of the molecule is C[C@@H](NC(=O)/C=C/c1ccc(Cl)cc1Cl)[C@H]1C[C@@H]2CC[C@@H]1C2. The van der Waals surface area contributed by atoms with Crippen LogP contribution in [0.5, 0.6) is 0 Å². The second kappa shape index (κ2) is 6.64. The van der Waals surface area contributed by atoms with Crippen molar-refractivity contribution in [3.05, 3.63) is 39.9 Å². The van der Waals surface area contributed by atoms with Crippen LogP contribution >= 0.6 is 23.2 Å². The van der Waals surface area contributed by atoms with E-state index in [0.717, 1.165) is 17.4 Å². The van der Waals surface area contributed by atoms with Crippen molar-refractivity contribution in [2.45, 2.75) is 38.6 Å². The summed E-state index contributed by atoms with van der Waals surface area (Å²) < 4.78 is 0. The Kier molecular flexibility index (Phi) is 4.79. The fourth-order valence-electron chi connectivity index (χ4n) is 4.09. The molecule has 1 amide bonds.